The maximum Gasteiger partial charge on any atom is 0.274 e. The smallest absolute Gasteiger partial charge is 0.274 e. The van der Waals surface area contributed by atoms with Crippen LogP contribution < -0.4 is 0 Å². The zero-order valence-electron chi connectivity index (χ0n) is 17.1. The van der Waals surface area contributed by atoms with Gasteiger partial charge in [0.25, 0.3) is 11.8 Å². The Hall–Kier alpha value is -3.36. The lowest BCUT2D eigenvalue weighted by Crippen LogP contribution is -2.45. The van der Waals surface area contributed by atoms with E-state index in [9.17, 15) is 23.9 Å². The molecule has 1 aromatic carbocycles. The lowest BCUT2D eigenvalue weighted by molar-refractivity contribution is -0.130. The van der Waals surface area contributed by atoms with Crippen LogP contribution in [0.2, 0.25) is 0 Å². The molecule has 8 nitrogen and oxygen atoms in total. The third-order valence-corrected chi connectivity index (χ3v) is 5.73. The first-order valence-electron chi connectivity index (χ1n) is 9.66. The molecule has 1 N–H and O–H groups in total. The first-order valence-corrected chi connectivity index (χ1v) is 9.66. The van der Waals surface area contributed by atoms with Gasteiger partial charge in [-0.25, -0.2) is 4.39 Å². The number of carbonyl (C=O) groups is 3. The van der Waals surface area contributed by atoms with Gasteiger partial charge in [0.1, 0.15) is 11.4 Å². The summed E-state index contributed by atoms with van der Waals surface area (Å²) in [6.07, 6.45) is 0. The molecule has 2 aliphatic rings. The zero-order chi connectivity index (χ0) is 21.7. The molecule has 1 unspecified atom stereocenters. The van der Waals surface area contributed by atoms with Crippen molar-refractivity contribution in [3.63, 3.8) is 0 Å². The fraction of sp³-hybridized carbons (Fsp3) is 0.381. The van der Waals surface area contributed by atoms with E-state index in [0.717, 1.165) is 5.56 Å². The van der Waals surface area contributed by atoms with Crippen molar-refractivity contribution >= 4 is 17.7 Å². The molecule has 0 saturated carbocycles. The summed E-state index contributed by atoms with van der Waals surface area (Å²) in [4.78, 5) is 43.1. The van der Waals surface area contributed by atoms with Gasteiger partial charge >= 0.3 is 0 Å². The van der Waals surface area contributed by atoms with E-state index in [1.165, 1.54) is 21.9 Å². The van der Waals surface area contributed by atoms with E-state index in [1.54, 1.807) is 42.7 Å². The molecule has 0 fully saturated rings. The molecule has 1 aromatic heterocycles. The van der Waals surface area contributed by atoms with Crippen LogP contribution in [0.1, 0.15) is 38.0 Å². The second-order valence-corrected chi connectivity index (χ2v) is 7.93. The summed E-state index contributed by atoms with van der Waals surface area (Å²) < 4.78 is 14.8. The van der Waals surface area contributed by atoms with Crippen molar-refractivity contribution in [1.29, 1.82) is 0 Å². The predicted octanol–water partition coefficient (Wildman–Crippen LogP) is 1.25. The molecule has 0 bridgehead atoms. The van der Waals surface area contributed by atoms with E-state index in [1.807, 2.05) is 0 Å². The van der Waals surface area contributed by atoms with Gasteiger partial charge in [0.2, 0.25) is 5.91 Å². The predicted molar refractivity (Wildman–Crippen MR) is 106 cm³/mol. The second kappa shape index (κ2) is 7.16. The molecule has 4 rings (SSSR count). The summed E-state index contributed by atoms with van der Waals surface area (Å²) in [6.45, 7) is 1.12. The van der Waals surface area contributed by atoms with Crippen molar-refractivity contribution in [2.75, 3.05) is 34.2 Å². The Morgan fingerprint density at radius 2 is 1.83 bits per heavy atom. The van der Waals surface area contributed by atoms with Crippen LogP contribution in [0.25, 0.3) is 0 Å². The number of benzene rings is 1. The highest BCUT2D eigenvalue weighted by molar-refractivity contribution is 6.07. The Morgan fingerprint density at radius 1 is 1.17 bits per heavy atom. The number of rotatable bonds is 3. The van der Waals surface area contributed by atoms with E-state index >= 15 is 0 Å². The topological polar surface area (TPSA) is 86.1 Å². The summed E-state index contributed by atoms with van der Waals surface area (Å²) >= 11 is 0. The standard InChI is InChI=1S/C21H23FN4O4/c1-23(2)19(28)14-11-24(3)20(29)15-16(14)26-9-8-25(21(30)17(26)18(15)27)10-12-4-6-13(22)7-5-12/h4-7,14,27H,8-11H2,1-3H3. The van der Waals surface area contributed by atoms with Crippen molar-refractivity contribution in [1.82, 2.24) is 19.3 Å². The molecule has 3 heterocycles. The van der Waals surface area contributed by atoms with Crippen molar-refractivity contribution in [2.24, 2.45) is 0 Å². The fourth-order valence-corrected chi connectivity index (χ4v) is 4.22. The Balaban J connectivity index is 1.75. The average Bonchev–Trinajstić information content (AvgIpc) is 3.01. The first-order chi connectivity index (χ1) is 14.2. The Labute approximate surface area is 173 Å². The van der Waals surface area contributed by atoms with E-state index in [4.69, 9.17) is 0 Å². The third kappa shape index (κ3) is 3.01. The number of nitrogens with zero attached hydrogens (tertiary/aromatic N) is 4. The molecular formula is C21H23FN4O4. The van der Waals surface area contributed by atoms with Gasteiger partial charge in [-0.3, -0.25) is 14.4 Å². The van der Waals surface area contributed by atoms with Crippen LogP contribution in [0.4, 0.5) is 4.39 Å². The Kier molecular flexibility index (Phi) is 4.76. The molecule has 2 aliphatic heterocycles. The van der Waals surface area contributed by atoms with Gasteiger partial charge in [-0.2, -0.15) is 0 Å². The van der Waals surface area contributed by atoms with Crippen LogP contribution in [-0.4, -0.2) is 76.3 Å². The van der Waals surface area contributed by atoms with Crippen molar-refractivity contribution in [3.05, 3.63) is 52.6 Å². The highest BCUT2D eigenvalue weighted by Gasteiger charge is 2.44. The number of aromatic hydroxyl groups is 1. The summed E-state index contributed by atoms with van der Waals surface area (Å²) in [5.74, 6) is -2.44. The average molecular weight is 414 g/mol. The molecule has 158 valence electrons. The normalized spacial score (nSPS) is 18.3. The number of amides is 3. The van der Waals surface area contributed by atoms with Gasteiger partial charge in [0, 0.05) is 53.0 Å². The van der Waals surface area contributed by atoms with Crippen LogP contribution in [0.5, 0.6) is 5.75 Å². The maximum atomic E-state index is 13.2. The van der Waals surface area contributed by atoms with Crippen molar-refractivity contribution in [3.8, 4) is 5.75 Å². The maximum absolute atomic E-state index is 13.2. The summed E-state index contributed by atoms with van der Waals surface area (Å²) in [5.41, 5.74) is 1.20. The molecule has 3 amide bonds. The minimum Gasteiger partial charge on any atom is -0.505 e. The summed E-state index contributed by atoms with van der Waals surface area (Å²) in [6, 6.07) is 5.86. The van der Waals surface area contributed by atoms with E-state index in [-0.39, 0.29) is 41.8 Å². The molecule has 9 heteroatoms. The summed E-state index contributed by atoms with van der Waals surface area (Å²) in [7, 11) is 4.84. The Bertz CT molecular complexity index is 1040. The van der Waals surface area contributed by atoms with Crippen LogP contribution in [0.15, 0.2) is 24.3 Å². The first kappa shape index (κ1) is 19.9. The van der Waals surface area contributed by atoms with Crippen LogP contribution in [-0.2, 0) is 17.9 Å². The third-order valence-electron chi connectivity index (χ3n) is 5.73. The molecule has 0 radical (unpaired) electrons. The number of aromatic nitrogens is 1. The number of likely N-dealkylation sites (N-methyl/N-ethyl adjacent to an activating group) is 2. The van der Waals surface area contributed by atoms with Crippen molar-refractivity contribution < 1.29 is 23.9 Å². The molecule has 2 aromatic rings. The molecule has 0 spiro atoms. The van der Waals surface area contributed by atoms with Gasteiger partial charge < -0.3 is 24.4 Å². The largest absolute Gasteiger partial charge is 0.505 e. The second-order valence-electron chi connectivity index (χ2n) is 7.93. The van der Waals surface area contributed by atoms with E-state index in [0.29, 0.717) is 18.8 Å². The SMILES string of the molecule is CN(C)C(=O)C1CN(C)C(=O)c2c(O)c3n(c21)CCN(Cc1ccc(F)cc1)C3=O. The lowest BCUT2D eigenvalue weighted by Gasteiger charge is -2.34. The monoisotopic (exact) mass is 414 g/mol. The number of hydrogen-bond acceptors (Lipinski definition) is 4. The quantitative estimate of drug-likeness (QED) is 0.819. The number of halogens is 1. The van der Waals surface area contributed by atoms with Gasteiger partial charge in [0.15, 0.2) is 11.4 Å². The van der Waals surface area contributed by atoms with Gasteiger partial charge in [-0.05, 0) is 17.7 Å². The van der Waals surface area contributed by atoms with Crippen LogP contribution in [0.3, 0.4) is 0 Å². The molecule has 30 heavy (non-hydrogen) atoms. The highest BCUT2D eigenvalue weighted by Crippen LogP contribution is 2.41. The zero-order valence-corrected chi connectivity index (χ0v) is 17.1. The van der Waals surface area contributed by atoms with Crippen molar-refractivity contribution in [2.45, 2.75) is 19.0 Å². The molecular weight excluding hydrogens is 391 g/mol. The number of fused-ring (bicyclic) bond motifs is 3. The van der Waals surface area contributed by atoms with Gasteiger partial charge in [0.05, 0.1) is 5.92 Å². The van der Waals surface area contributed by atoms with E-state index in [2.05, 4.69) is 0 Å². The summed E-state index contributed by atoms with van der Waals surface area (Å²) in [5, 5.41) is 10.8. The highest BCUT2D eigenvalue weighted by atomic mass is 19.1. The molecule has 0 aliphatic carbocycles. The van der Waals surface area contributed by atoms with Crippen LogP contribution >= 0.6 is 0 Å². The number of hydrogen-bond donors (Lipinski definition) is 1. The lowest BCUT2D eigenvalue weighted by atomic mass is 9.94. The fourth-order valence-electron chi connectivity index (χ4n) is 4.22. The number of carbonyl (C=O) groups excluding carboxylic acids is 3. The van der Waals surface area contributed by atoms with Crippen LogP contribution in [0, 0.1) is 5.82 Å². The minimum absolute atomic E-state index is 0.0218. The Morgan fingerprint density at radius 3 is 2.47 bits per heavy atom. The van der Waals surface area contributed by atoms with Gasteiger partial charge in [-0.1, -0.05) is 12.1 Å². The van der Waals surface area contributed by atoms with Gasteiger partial charge in [-0.15, -0.1) is 0 Å². The molecule has 0 saturated heterocycles. The molecule has 1 atom stereocenters. The van der Waals surface area contributed by atoms with E-state index < -0.39 is 17.7 Å². The minimum atomic E-state index is -0.659.